The molecule has 1 aromatic rings. The molecular weight excluding hydrogens is 281 g/mol. The van der Waals surface area contributed by atoms with Gasteiger partial charge in [-0.1, -0.05) is 6.07 Å². The molecule has 6 nitrogen and oxygen atoms in total. The number of nitro benzene ring substituents is 1. The predicted octanol–water partition coefficient (Wildman–Crippen LogP) is 2.31. The van der Waals surface area contributed by atoms with Crippen LogP contribution >= 0.6 is 21.4 Å². The van der Waals surface area contributed by atoms with Crippen molar-refractivity contribution in [2.24, 2.45) is 0 Å². The zero-order chi connectivity index (χ0) is 12.8. The number of nitrogens with zero attached hydrogens (tertiary/aromatic N) is 1. The number of hydrogen-bond acceptors (Lipinski definition) is 5. The summed E-state index contributed by atoms with van der Waals surface area (Å²) in [5, 5.41) is 10.2. The molecule has 1 rings (SSSR count). The first kappa shape index (κ1) is 14.9. The van der Waals surface area contributed by atoms with Gasteiger partial charge in [0.2, 0.25) is 0 Å². The molecule has 0 aromatic heterocycles. The highest BCUT2D eigenvalue weighted by Crippen LogP contribution is 2.17. The van der Waals surface area contributed by atoms with Crippen molar-refractivity contribution in [3.05, 3.63) is 34.4 Å². The highest BCUT2D eigenvalue weighted by Gasteiger charge is 2.04. The van der Waals surface area contributed by atoms with E-state index in [0.717, 1.165) is 0 Å². The van der Waals surface area contributed by atoms with Crippen LogP contribution in [0.5, 0.6) is 5.75 Å². The molecule has 0 fully saturated rings. The molecule has 0 N–H and O–H groups in total. The Morgan fingerprint density at radius 2 is 1.88 bits per heavy atom. The molecule has 0 saturated carbocycles. The second-order valence-corrected chi connectivity index (χ2v) is 6.01. The number of rotatable bonds is 2. The molecule has 1 aromatic carbocycles. The van der Waals surface area contributed by atoms with Gasteiger partial charge in [-0.2, -0.15) is 8.42 Å². The number of non-ortho nitro benzene ring substituents is 1. The second kappa shape index (κ2) is 6.51. The summed E-state index contributed by atoms with van der Waals surface area (Å²) in [6.07, 6.45) is 0. The zero-order valence-electron chi connectivity index (χ0n) is 7.96. The SMILES string of the molecule is COc1cccc([N+](=O)[O-])c1.O=S(=O)(Cl)Cl. The van der Waals surface area contributed by atoms with Crippen LogP contribution in [0.2, 0.25) is 0 Å². The summed E-state index contributed by atoms with van der Waals surface area (Å²) >= 11 is 0. The van der Waals surface area contributed by atoms with Crippen molar-refractivity contribution in [3.8, 4) is 5.75 Å². The average molecular weight is 288 g/mol. The summed E-state index contributed by atoms with van der Waals surface area (Å²) in [4.78, 5) is 9.76. The minimum atomic E-state index is -3.72. The van der Waals surface area contributed by atoms with Gasteiger partial charge in [0.15, 0.2) is 0 Å². The number of halogens is 2. The number of methoxy groups -OCH3 is 1. The number of nitro groups is 1. The molecule has 0 radical (unpaired) electrons. The summed E-state index contributed by atoms with van der Waals surface area (Å²) in [6.45, 7) is 0. The van der Waals surface area contributed by atoms with E-state index in [0.29, 0.717) is 5.75 Å². The van der Waals surface area contributed by atoms with E-state index in [-0.39, 0.29) is 5.69 Å². The van der Waals surface area contributed by atoms with Gasteiger partial charge in [0.1, 0.15) is 5.75 Å². The first-order valence-electron chi connectivity index (χ1n) is 3.66. The minimum absolute atomic E-state index is 0.0457. The first-order valence-corrected chi connectivity index (χ1v) is 6.80. The van der Waals surface area contributed by atoms with Crippen LogP contribution in [0.1, 0.15) is 0 Å². The van der Waals surface area contributed by atoms with Crippen LogP contribution in [-0.2, 0) is 8.26 Å². The molecule has 0 heterocycles. The largest absolute Gasteiger partial charge is 0.497 e. The van der Waals surface area contributed by atoms with Gasteiger partial charge < -0.3 is 4.74 Å². The fraction of sp³-hybridized carbons (Fsp3) is 0.143. The third kappa shape index (κ3) is 8.27. The van der Waals surface area contributed by atoms with Gasteiger partial charge in [-0.05, 0) is 6.07 Å². The Morgan fingerprint density at radius 3 is 2.25 bits per heavy atom. The summed E-state index contributed by atoms with van der Waals surface area (Å²) < 4.78 is 23.1. The molecule has 0 aliphatic rings. The van der Waals surface area contributed by atoms with E-state index >= 15 is 0 Å². The van der Waals surface area contributed by atoms with E-state index in [2.05, 4.69) is 21.4 Å². The van der Waals surface area contributed by atoms with Crippen molar-refractivity contribution < 1.29 is 18.1 Å². The summed E-state index contributed by atoms with van der Waals surface area (Å²) in [5.74, 6) is 0.499. The molecule has 0 aliphatic heterocycles. The van der Waals surface area contributed by atoms with Crippen LogP contribution in [0.4, 0.5) is 5.69 Å². The molecule has 0 bridgehead atoms. The summed E-state index contributed by atoms with van der Waals surface area (Å²) in [6, 6.07) is 6.03. The molecule has 0 spiro atoms. The maximum Gasteiger partial charge on any atom is 0.317 e. The molecule has 0 unspecified atom stereocenters. The van der Waals surface area contributed by atoms with Crippen LogP contribution in [0.3, 0.4) is 0 Å². The van der Waals surface area contributed by atoms with Crippen LogP contribution in [0, 0.1) is 10.1 Å². The fourth-order valence-corrected chi connectivity index (χ4v) is 0.724. The van der Waals surface area contributed by atoms with Crippen molar-refractivity contribution in [1.29, 1.82) is 0 Å². The summed E-state index contributed by atoms with van der Waals surface area (Å²) in [7, 11) is 6.28. The van der Waals surface area contributed by atoms with Gasteiger partial charge in [0.25, 0.3) is 5.69 Å². The molecular formula is C7H7Cl2NO5S. The van der Waals surface area contributed by atoms with Crippen molar-refractivity contribution in [1.82, 2.24) is 0 Å². The molecule has 0 amide bonds. The van der Waals surface area contributed by atoms with Crippen LogP contribution in [0.15, 0.2) is 24.3 Å². The van der Waals surface area contributed by atoms with Crippen molar-refractivity contribution in [2.45, 2.75) is 0 Å². The van der Waals surface area contributed by atoms with Gasteiger partial charge in [-0.3, -0.25) is 10.1 Å². The standard InChI is InChI=1S/C7H7NO3.Cl2O2S/c1-11-7-4-2-3-6(5-7)8(9)10;1-5(2,3)4/h2-5H,1H3;. The average Bonchev–Trinajstić information content (AvgIpc) is 2.15. The van der Waals surface area contributed by atoms with E-state index in [9.17, 15) is 10.1 Å². The Kier molecular flexibility index (Phi) is 6.09. The Bertz CT molecular complexity index is 454. The highest BCUT2D eigenvalue weighted by molar-refractivity contribution is 8.31. The van der Waals surface area contributed by atoms with E-state index < -0.39 is 13.2 Å². The van der Waals surface area contributed by atoms with Crippen molar-refractivity contribution in [3.63, 3.8) is 0 Å². The molecule has 0 atom stereocenters. The first-order chi connectivity index (χ1) is 7.24. The molecule has 9 heteroatoms. The van der Waals surface area contributed by atoms with Crippen LogP contribution in [0.25, 0.3) is 0 Å². The number of benzene rings is 1. The molecule has 90 valence electrons. The quantitative estimate of drug-likeness (QED) is 0.473. The Balaban J connectivity index is 0.000000385. The fourth-order valence-electron chi connectivity index (χ4n) is 0.724. The smallest absolute Gasteiger partial charge is 0.317 e. The van der Waals surface area contributed by atoms with E-state index in [1.807, 2.05) is 0 Å². The lowest BCUT2D eigenvalue weighted by molar-refractivity contribution is -0.384. The maximum atomic E-state index is 10.2. The maximum absolute atomic E-state index is 10.2. The number of hydrogen-bond donors (Lipinski definition) is 0. The lowest BCUT2D eigenvalue weighted by Crippen LogP contribution is -1.88. The Morgan fingerprint density at radius 1 is 1.38 bits per heavy atom. The molecule has 0 saturated heterocycles. The predicted molar refractivity (Wildman–Crippen MR) is 60.3 cm³/mol. The van der Waals surface area contributed by atoms with E-state index in [4.69, 9.17) is 13.2 Å². The third-order valence-corrected chi connectivity index (χ3v) is 1.26. The van der Waals surface area contributed by atoms with Gasteiger partial charge in [-0.25, -0.2) is 0 Å². The number of ether oxygens (including phenoxy) is 1. The lowest BCUT2D eigenvalue weighted by Gasteiger charge is -1.96. The van der Waals surface area contributed by atoms with E-state index in [1.54, 1.807) is 12.1 Å². The lowest BCUT2D eigenvalue weighted by atomic mass is 10.3. The van der Waals surface area contributed by atoms with Gasteiger partial charge >= 0.3 is 8.26 Å². The van der Waals surface area contributed by atoms with Gasteiger partial charge in [0, 0.05) is 27.4 Å². The second-order valence-electron chi connectivity index (χ2n) is 2.34. The topological polar surface area (TPSA) is 86.5 Å². The van der Waals surface area contributed by atoms with Crippen molar-refractivity contribution >= 4 is 35.3 Å². The van der Waals surface area contributed by atoms with Gasteiger partial charge in [0.05, 0.1) is 18.1 Å². The van der Waals surface area contributed by atoms with Crippen LogP contribution in [-0.4, -0.2) is 20.5 Å². The van der Waals surface area contributed by atoms with Gasteiger partial charge in [-0.15, -0.1) is 0 Å². The van der Waals surface area contributed by atoms with Crippen LogP contribution < -0.4 is 4.74 Å². The monoisotopic (exact) mass is 287 g/mol. The highest BCUT2D eigenvalue weighted by atomic mass is 36.0. The minimum Gasteiger partial charge on any atom is -0.497 e. The van der Waals surface area contributed by atoms with E-state index in [1.165, 1.54) is 19.2 Å². The molecule has 0 aliphatic carbocycles. The summed E-state index contributed by atoms with van der Waals surface area (Å²) in [5.41, 5.74) is 0.0457. The third-order valence-electron chi connectivity index (χ3n) is 1.26. The Labute approximate surface area is 101 Å². The normalized spacial score (nSPS) is 9.94. The molecule has 16 heavy (non-hydrogen) atoms. The Hall–Kier alpha value is -1.05. The zero-order valence-corrected chi connectivity index (χ0v) is 10.3. The van der Waals surface area contributed by atoms with Crippen molar-refractivity contribution in [2.75, 3.05) is 7.11 Å².